The molecule has 4 nitrogen and oxygen atoms in total. The van der Waals surface area contributed by atoms with E-state index in [1.807, 2.05) is 31.2 Å². The maximum atomic E-state index is 13.9. The van der Waals surface area contributed by atoms with Crippen molar-refractivity contribution in [1.29, 1.82) is 0 Å². The average molecular weight is 327 g/mol. The summed E-state index contributed by atoms with van der Waals surface area (Å²) in [6, 6.07) is 11.0. The van der Waals surface area contributed by atoms with Crippen molar-refractivity contribution in [2.45, 2.75) is 13.5 Å². The number of hydrogen-bond donors (Lipinski definition) is 1. The standard InChI is InChI=1S/C18H15F2N3O/c1-12-4-2-3-5-13(12)9-21-18-14(11-24)10-23(22-18)17-7-6-15(19)8-16(17)20/h2-8,10-11H,9H2,1H3,(H,21,22). The summed E-state index contributed by atoms with van der Waals surface area (Å²) in [5, 5.41) is 7.28. The minimum Gasteiger partial charge on any atom is -0.364 e. The molecular formula is C18H15F2N3O. The number of nitrogens with one attached hydrogen (secondary N) is 1. The molecule has 0 amide bonds. The van der Waals surface area contributed by atoms with Crippen LogP contribution in [0.15, 0.2) is 48.7 Å². The number of aryl methyl sites for hydroxylation is 1. The Morgan fingerprint density at radius 3 is 2.71 bits per heavy atom. The van der Waals surface area contributed by atoms with Gasteiger partial charge in [-0.25, -0.2) is 13.5 Å². The first-order valence-corrected chi connectivity index (χ1v) is 7.37. The molecule has 24 heavy (non-hydrogen) atoms. The first-order chi connectivity index (χ1) is 11.6. The second-order valence-electron chi connectivity index (χ2n) is 5.37. The van der Waals surface area contributed by atoms with Crippen LogP contribution in [0.1, 0.15) is 21.5 Å². The molecule has 0 unspecified atom stereocenters. The summed E-state index contributed by atoms with van der Waals surface area (Å²) < 4.78 is 28.1. The molecular weight excluding hydrogens is 312 g/mol. The summed E-state index contributed by atoms with van der Waals surface area (Å²) in [6.45, 7) is 2.47. The summed E-state index contributed by atoms with van der Waals surface area (Å²) in [5.41, 5.74) is 2.55. The second-order valence-corrected chi connectivity index (χ2v) is 5.37. The topological polar surface area (TPSA) is 46.9 Å². The van der Waals surface area contributed by atoms with Crippen LogP contribution >= 0.6 is 0 Å². The van der Waals surface area contributed by atoms with Gasteiger partial charge in [0.2, 0.25) is 0 Å². The number of aromatic nitrogens is 2. The predicted molar refractivity (Wildman–Crippen MR) is 87.4 cm³/mol. The molecule has 0 aliphatic rings. The molecule has 1 N–H and O–H groups in total. The number of anilines is 1. The van der Waals surface area contributed by atoms with E-state index >= 15 is 0 Å². The van der Waals surface area contributed by atoms with Gasteiger partial charge in [0.1, 0.15) is 11.5 Å². The Balaban J connectivity index is 1.88. The highest BCUT2D eigenvalue weighted by molar-refractivity contribution is 5.82. The highest BCUT2D eigenvalue weighted by Gasteiger charge is 2.13. The number of rotatable bonds is 5. The van der Waals surface area contributed by atoms with E-state index in [1.54, 1.807) is 0 Å². The number of halogens is 2. The quantitative estimate of drug-likeness (QED) is 0.723. The Hall–Kier alpha value is -3.02. The molecule has 0 fully saturated rings. The molecule has 0 spiro atoms. The Labute approximate surface area is 137 Å². The number of benzene rings is 2. The van der Waals surface area contributed by atoms with Crippen molar-refractivity contribution < 1.29 is 13.6 Å². The molecule has 0 atom stereocenters. The summed E-state index contributed by atoms with van der Waals surface area (Å²) in [7, 11) is 0. The van der Waals surface area contributed by atoms with E-state index < -0.39 is 11.6 Å². The third-order valence-electron chi connectivity index (χ3n) is 3.73. The SMILES string of the molecule is Cc1ccccc1CNc1nn(-c2ccc(F)cc2F)cc1C=O. The fraction of sp³-hybridized carbons (Fsp3) is 0.111. The average Bonchev–Trinajstić information content (AvgIpc) is 2.97. The molecule has 122 valence electrons. The fourth-order valence-corrected chi connectivity index (χ4v) is 2.39. The monoisotopic (exact) mass is 327 g/mol. The minimum atomic E-state index is -0.750. The van der Waals surface area contributed by atoms with Gasteiger partial charge in [-0.2, -0.15) is 0 Å². The molecule has 3 aromatic rings. The Bertz CT molecular complexity index is 890. The van der Waals surface area contributed by atoms with Crippen LogP contribution in [0.2, 0.25) is 0 Å². The van der Waals surface area contributed by atoms with Crippen LogP contribution in [0.3, 0.4) is 0 Å². The van der Waals surface area contributed by atoms with E-state index in [9.17, 15) is 13.6 Å². The first kappa shape index (κ1) is 15.9. The van der Waals surface area contributed by atoms with E-state index in [4.69, 9.17) is 0 Å². The zero-order valence-corrected chi connectivity index (χ0v) is 13.0. The van der Waals surface area contributed by atoms with E-state index in [-0.39, 0.29) is 5.69 Å². The molecule has 0 saturated carbocycles. The lowest BCUT2D eigenvalue weighted by atomic mass is 10.1. The number of nitrogens with zero attached hydrogens (tertiary/aromatic N) is 2. The summed E-state index contributed by atoms with van der Waals surface area (Å²) in [4.78, 5) is 11.2. The molecule has 1 aromatic heterocycles. The Morgan fingerprint density at radius 2 is 2.00 bits per heavy atom. The van der Waals surface area contributed by atoms with Crippen LogP contribution in [0, 0.1) is 18.6 Å². The Morgan fingerprint density at radius 1 is 1.21 bits per heavy atom. The smallest absolute Gasteiger partial charge is 0.159 e. The molecule has 0 aliphatic carbocycles. The molecule has 2 aromatic carbocycles. The van der Waals surface area contributed by atoms with Crippen molar-refractivity contribution in [3.05, 3.63) is 77.0 Å². The molecule has 3 rings (SSSR count). The normalized spacial score (nSPS) is 10.6. The van der Waals surface area contributed by atoms with Crippen LogP contribution in [0.25, 0.3) is 5.69 Å². The maximum absolute atomic E-state index is 13.9. The van der Waals surface area contributed by atoms with Gasteiger partial charge in [0, 0.05) is 18.8 Å². The number of aldehydes is 1. The molecule has 6 heteroatoms. The van der Waals surface area contributed by atoms with Crippen molar-refractivity contribution in [2.75, 3.05) is 5.32 Å². The van der Waals surface area contributed by atoms with Crippen molar-refractivity contribution in [2.24, 2.45) is 0 Å². The van der Waals surface area contributed by atoms with Crippen LogP contribution in [-0.4, -0.2) is 16.1 Å². The lowest BCUT2D eigenvalue weighted by Gasteiger charge is -2.07. The summed E-state index contributed by atoms with van der Waals surface area (Å²) >= 11 is 0. The van der Waals surface area contributed by atoms with E-state index in [0.29, 0.717) is 24.2 Å². The third kappa shape index (κ3) is 3.17. The largest absolute Gasteiger partial charge is 0.364 e. The van der Waals surface area contributed by atoms with Crippen molar-refractivity contribution in [1.82, 2.24) is 9.78 Å². The molecule has 1 heterocycles. The van der Waals surface area contributed by atoms with Crippen molar-refractivity contribution in [3.63, 3.8) is 0 Å². The zero-order chi connectivity index (χ0) is 17.1. The summed E-state index contributed by atoms with van der Waals surface area (Å²) in [5.74, 6) is -1.07. The molecule has 0 saturated heterocycles. The highest BCUT2D eigenvalue weighted by Crippen LogP contribution is 2.19. The summed E-state index contributed by atoms with van der Waals surface area (Å²) in [6.07, 6.45) is 2.05. The zero-order valence-electron chi connectivity index (χ0n) is 13.0. The van der Waals surface area contributed by atoms with E-state index in [2.05, 4.69) is 10.4 Å². The van der Waals surface area contributed by atoms with Crippen molar-refractivity contribution >= 4 is 12.1 Å². The van der Waals surface area contributed by atoms with Gasteiger partial charge in [0.05, 0.1) is 5.56 Å². The van der Waals surface area contributed by atoms with Crippen LogP contribution < -0.4 is 5.32 Å². The lowest BCUT2D eigenvalue weighted by Crippen LogP contribution is -2.04. The van der Waals surface area contributed by atoms with E-state index in [1.165, 1.54) is 16.9 Å². The fourth-order valence-electron chi connectivity index (χ4n) is 2.39. The van der Waals surface area contributed by atoms with E-state index in [0.717, 1.165) is 23.3 Å². The maximum Gasteiger partial charge on any atom is 0.159 e. The lowest BCUT2D eigenvalue weighted by molar-refractivity contribution is 0.112. The Kier molecular flexibility index (Phi) is 4.37. The van der Waals surface area contributed by atoms with Gasteiger partial charge in [-0.1, -0.05) is 24.3 Å². The van der Waals surface area contributed by atoms with Crippen LogP contribution in [-0.2, 0) is 6.54 Å². The predicted octanol–water partition coefficient (Wildman–Crippen LogP) is 3.88. The number of carbonyl (C=O) groups excluding carboxylic acids is 1. The van der Waals surface area contributed by atoms with Crippen molar-refractivity contribution in [3.8, 4) is 5.69 Å². The number of hydrogen-bond acceptors (Lipinski definition) is 3. The third-order valence-corrected chi connectivity index (χ3v) is 3.73. The van der Waals surface area contributed by atoms with Gasteiger partial charge in [0.25, 0.3) is 0 Å². The van der Waals surface area contributed by atoms with Crippen LogP contribution in [0.4, 0.5) is 14.6 Å². The molecule has 0 aliphatic heterocycles. The van der Waals surface area contributed by atoms with Gasteiger partial charge in [-0.05, 0) is 30.2 Å². The van der Waals surface area contributed by atoms with Gasteiger partial charge in [0.15, 0.2) is 17.9 Å². The first-order valence-electron chi connectivity index (χ1n) is 7.37. The van der Waals surface area contributed by atoms with Gasteiger partial charge >= 0.3 is 0 Å². The molecule has 0 bridgehead atoms. The minimum absolute atomic E-state index is 0.0726. The second kappa shape index (κ2) is 6.62. The van der Waals surface area contributed by atoms with Crippen LogP contribution in [0.5, 0.6) is 0 Å². The van der Waals surface area contributed by atoms with Gasteiger partial charge < -0.3 is 5.32 Å². The number of carbonyl (C=O) groups is 1. The highest BCUT2D eigenvalue weighted by atomic mass is 19.1. The van der Waals surface area contributed by atoms with Gasteiger partial charge in [-0.15, -0.1) is 5.10 Å². The molecule has 0 radical (unpaired) electrons. The van der Waals surface area contributed by atoms with Gasteiger partial charge in [-0.3, -0.25) is 4.79 Å².